The molecule has 0 fully saturated rings. The molecule has 0 aliphatic heterocycles. The molecule has 0 spiro atoms. The number of aromatic nitrogens is 3. The fourth-order valence-electron chi connectivity index (χ4n) is 1.71. The minimum atomic E-state index is 0.145. The molecule has 1 aromatic rings. The zero-order chi connectivity index (χ0) is 15.0. The molecule has 0 saturated carbocycles. The van der Waals surface area contributed by atoms with Gasteiger partial charge in [0.2, 0.25) is 11.9 Å². The summed E-state index contributed by atoms with van der Waals surface area (Å²) in [6.07, 6.45) is 1.66. The van der Waals surface area contributed by atoms with Crippen LogP contribution in [-0.2, 0) is 0 Å². The predicted molar refractivity (Wildman–Crippen MR) is 79.3 cm³/mol. The summed E-state index contributed by atoms with van der Waals surface area (Å²) >= 11 is 0. The van der Waals surface area contributed by atoms with E-state index in [1.54, 1.807) is 0 Å². The average Bonchev–Trinajstić information content (AvgIpc) is 2.45. The van der Waals surface area contributed by atoms with E-state index in [1.807, 2.05) is 4.90 Å². The second-order valence-electron chi connectivity index (χ2n) is 4.74. The molecule has 0 aromatic carbocycles. The van der Waals surface area contributed by atoms with Crippen molar-refractivity contribution in [2.75, 3.05) is 37.0 Å². The van der Waals surface area contributed by atoms with E-state index in [0.29, 0.717) is 30.9 Å². The minimum Gasteiger partial charge on any atom is -0.467 e. The fourth-order valence-corrected chi connectivity index (χ4v) is 1.71. The summed E-state index contributed by atoms with van der Waals surface area (Å²) in [5.41, 5.74) is 0. The number of hydrogen-bond acceptors (Lipinski definition) is 7. The van der Waals surface area contributed by atoms with Crippen LogP contribution in [-0.4, -0.2) is 52.9 Å². The van der Waals surface area contributed by atoms with Crippen LogP contribution in [0.25, 0.3) is 0 Å². The fraction of sp³-hybridized carbons (Fsp3) is 0.769. The first-order valence-electron chi connectivity index (χ1n) is 7.03. The molecule has 0 atom stereocenters. The highest BCUT2D eigenvalue weighted by molar-refractivity contribution is 5.39. The third kappa shape index (κ3) is 4.80. The number of nitrogens with one attached hydrogen (secondary N) is 1. The van der Waals surface area contributed by atoms with Crippen molar-refractivity contribution < 1.29 is 9.84 Å². The maximum atomic E-state index is 9.00. The molecule has 0 bridgehead atoms. The van der Waals surface area contributed by atoms with Crippen LogP contribution in [0.15, 0.2) is 0 Å². The lowest BCUT2D eigenvalue weighted by molar-refractivity contribution is 0.288. The lowest BCUT2D eigenvalue weighted by atomic mass is 10.3. The second-order valence-corrected chi connectivity index (χ2v) is 4.74. The smallest absolute Gasteiger partial charge is 0.322 e. The van der Waals surface area contributed by atoms with Crippen molar-refractivity contribution in [1.82, 2.24) is 15.0 Å². The van der Waals surface area contributed by atoms with Crippen molar-refractivity contribution >= 4 is 11.9 Å². The van der Waals surface area contributed by atoms with Crippen molar-refractivity contribution in [1.29, 1.82) is 0 Å². The lowest BCUT2D eigenvalue weighted by Crippen LogP contribution is -2.34. The van der Waals surface area contributed by atoms with Crippen LogP contribution < -0.4 is 15.0 Å². The predicted octanol–water partition coefficient (Wildman–Crippen LogP) is 1.30. The largest absolute Gasteiger partial charge is 0.467 e. The van der Waals surface area contributed by atoms with E-state index in [0.717, 1.165) is 13.0 Å². The van der Waals surface area contributed by atoms with E-state index >= 15 is 0 Å². The molecule has 2 N–H and O–H groups in total. The Labute approximate surface area is 120 Å². The number of ether oxygens (including phenoxy) is 1. The molecule has 114 valence electrons. The summed E-state index contributed by atoms with van der Waals surface area (Å²) in [4.78, 5) is 14.9. The molecular weight excluding hydrogens is 258 g/mol. The third-order valence-corrected chi connectivity index (χ3v) is 2.76. The Hall–Kier alpha value is -1.63. The topological polar surface area (TPSA) is 83.4 Å². The van der Waals surface area contributed by atoms with Crippen LogP contribution in [0.2, 0.25) is 0 Å². The van der Waals surface area contributed by atoms with Gasteiger partial charge in [0.15, 0.2) is 0 Å². The Balaban J connectivity index is 2.99. The third-order valence-electron chi connectivity index (χ3n) is 2.76. The number of methoxy groups -OCH3 is 1. The van der Waals surface area contributed by atoms with Crippen LogP contribution in [0.5, 0.6) is 6.01 Å². The first-order valence-corrected chi connectivity index (χ1v) is 7.03. The Morgan fingerprint density at radius 2 is 2.05 bits per heavy atom. The van der Waals surface area contributed by atoms with Crippen molar-refractivity contribution in [2.45, 2.75) is 39.7 Å². The van der Waals surface area contributed by atoms with Crippen molar-refractivity contribution in [2.24, 2.45) is 0 Å². The summed E-state index contributed by atoms with van der Waals surface area (Å²) in [7, 11) is 1.54. The molecule has 0 aliphatic carbocycles. The number of nitrogens with zero attached hydrogens (tertiary/aromatic N) is 4. The molecule has 1 aromatic heterocycles. The van der Waals surface area contributed by atoms with Crippen LogP contribution in [0, 0.1) is 0 Å². The molecule has 0 saturated heterocycles. The Bertz CT molecular complexity index is 400. The van der Waals surface area contributed by atoms with Crippen LogP contribution in [0.3, 0.4) is 0 Å². The van der Waals surface area contributed by atoms with E-state index in [9.17, 15) is 0 Å². The van der Waals surface area contributed by atoms with Gasteiger partial charge in [-0.05, 0) is 26.7 Å². The first-order chi connectivity index (χ1) is 9.62. The first kappa shape index (κ1) is 16.4. The highest BCUT2D eigenvalue weighted by Crippen LogP contribution is 2.17. The van der Waals surface area contributed by atoms with Gasteiger partial charge in [-0.3, -0.25) is 0 Å². The summed E-state index contributed by atoms with van der Waals surface area (Å²) in [5, 5.41) is 12.1. The quantitative estimate of drug-likeness (QED) is 0.706. The van der Waals surface area contributed by atoms with Gasteiger partial charge in [0, 0.05) is 25.7 Å². The summed E-state index contributed by atoms with van der Waals surface area (Å²) in [5.74, 6) is 1.09. The van der Waals surface area contributed by atoms with Gasteiger partial charge in [-0.2, -0.15) is 15.0 Å². The zero-order valence-electron chi connectivity index (χ0n) is 12.8. The minimum absolute atomic E-state index is 0.145. The van der Waals surface area contributed by atoms with Crippen LogP contribution in [0.4, 0.5) is 11.9 Å². The van der Waals surface area contributed by atoms with Gasteiger partial charge in [0.05, 0.1) is 7.11 Å². The van der Waals surface area contributed by atoms with Gasteiger partial charge in [0.25, 0.3) is 0 Å². The number of hydrogen-bond donors (Lipinski definition) is 2. The van der Waals surface area contributed by atoms with E-state index in [1.165, 1.54) is 7.11 Å². The molecule has 0 amide bonds. The van der Waals surface area contributed by atoms with Crippen molar-refractivity contribution in [3.63, 3.8) is 0 Å². The normalized spacial score (nSPS) is 10.7. The van der Waals surface area contributed by atoms with E-state index < -0.39 is 0 Å². The van der Waals surface area contributed by atoms with Crippen molar-refractivity contribution in [3.8, 4) is 6.01 Å². The van der Waals surface area contributed by atoms with E-state index in [4.69, 9.17) is 9.84 Å². The van der Waals surface area contributed by atoms with Gasteiger partial charge in [-0.25, -0.2) is 0 Å². The summed E-state index contributed by atoms with van der Waals surface area (Å²) in [6.45, 7) is 7.83. The van der Waals surface area contributed by atoms with Gasteiger partial charge in [-0.1, -0.05) is 6.92 Å². The maximum absolute atomic E-state index is 9.00. The van der Waals surface area contributed by atoms with E-state index in [-0.39, 0.29) is 12.6 Å². The molecule has 7 heteroatoms. The molecule has 0 unspecified atom stereocenters. The van der Waals surface area contributed by atoms with Gasteiger partial charge in [0.1, 0.15) is 0 Å². The molecule has 7 nitrogen and oxygen atoms in total. The number of anilines is 2. The zero-order valence-corrected chi connectivity index (χ0v) is 12.8. The Morgan fingerprint density at radius 1 is 1.30 bits per heavy atom. The average molecular weight is 283 g/mol. The Morgan fingerprint density at radius 3 is 2.60 bits per heavy atom. The highest BCUT2D eigenvalue weighted by atomic mass is 16.5. The number of rotatable bonds is 9. The monoisotopic (exact) mass is 283 g/mol. The molecular formula is C13H25N5O2. The molecule has 0 radical (unpaired) electrons. The highest BCUT2D eigenvalue weighted by Gasteiger charge is 2.16. The number of aliphatic hydroxyl groups excluding tert-OH is 1. The molecule has 1 rings (SSSR count). The van der Waals surface area contributed by atoms with Crippen LogP contribution >= 0.6 is 0 Å². The summed E-state index contributed by atoms with van der Waals surface area (Å²) in [6, 6.07) is 0.524. The molecule has 20 heavy (non-hydrogen) atoms. The van der Waals surface area contributed by atoms with Gasteiger partial charge >= 0.3 is 6.01 Å². The van der Waals surface area contributed by atoms with Gasteiger partial charge in [-0.15, -0.1) is 0 Å². The maximum Gasteiger partial charge on any atom is 0.322 e. The van der Waals surface area contributed by atoms with Gasteiger partial charge < -0.3 is 20.1 Å². The standard InChI is InChI=1S/C13H25N5O2/c1-5-7-14-11-15-12(17-13(16-11)20-4)18(10(2)3)8-6-9-19/h10,19H,5-9H2,1-4H3,(H,14,15,16,17). The second kappa shape index (κ2) is 8.52. The van der Waals surface area contributed by atoms with Crippen LogP contribution in [0.1, 0.15) is 33.6 Å². The van der Waals surface area contributed by atoms with Crippen molar-refractivity contribution in [3.05, 3.63) is 0 Å². The van der Waals surface area contributed by atoms with E-state index in [2.05, 4.69) is 41.0 Å². The lowest BCUT2D eigenvalue weighted by Gasteiger charge is -2.26. The molecule has 1 heterocycles. The molecule has 0 aliphatic rings. The summed E-state index contributed by atoms with van der Waals surface area (Å²) < 4.78 is 5.13. The number of aliphatic hydroxyl groups is 1. The Kier molecular flexibility index (Phi) is 7.00. The SMILES string of the molecule is CCCNc1nc(OC)nc(N(CCCO)C(C)C)n1.